The van der Waals surface area contributed by atoms with Crippen LogP contribution in [0.1, 0.15) is 51.0 Å². The normalized spacial score (nSPS) is 10.3. The molecule has 0 radical (unpaired) electrons. The van der Waals surface area contributed by atoms with Gasteiger partial charge in [0, 0.05) is 12.8 Å². The summed E-state index contributed by atoms with van der Waals surface area (Å²) in [5.74, 6) is -0.0533. The molecule has 0 amide bonds. The maximum atomic E-state index is 11.4. The average Bonchev–Trinajstić information content (AvgIpc) is 2.40. The van der Waals surface area contributed by atoms with E-state index in [1.807, 2.05) is 18.2 Å². The van der Waals surface area contributed by atoms with Crippen molar-refractivity contribution in [3.05, 3.63) is 35.9 Å². The SMILES string of the molecule is CCCCCCCC(=O)OCCc1ccccc1. The first kappa shape index (κ1) is 14.7. The predicted molar refractivity (Wildman–Crippen MR) is 74.5 cm³/mol. The Morgan fingerprint density at radius 1 is 1.06 bits per heavy atom. The molecular formula is C16H24O2. The summed E-state index contributed by atoms with van der Waals surface area (Å²) in [6.07, 6.45) is 7.21. The maximum absolute atomic E-state index is 11.4. The first-order valence-corrected chi connectivity index (χ1v) is 7.02. The van der Waals surface area contributed by atoms with Gasteiger partial charge in [-0.05, 0) is 12.0 Å². The minimum absolute atomic E-state index is 0.0533. The molecule has 0 N–H and O–H groups in total. The fraction of sp³-hybridized carbons (Fsp3) is 0.562. The van der Waals surface area contributed by atoms with E-state index >= 15 is 0 Å². The van der Waals surface area contributed by atoms with Gasteiger partial charge in [0.1, 0.15) is 0 Å². The molecule has 18 heavy (non-hydrogen) atoms. The lowest BCUT2D eigenvalue weighted by atomic mass is 10.1. The summed E-state index contributed by atoms with van der Waals surface area (Å²) in [6, 6.07) is 10.1. The number of unbranched alkanes of at least 4 members (excludes halogenated alkanes) is 4. The summed E-state index contributed by atoms with van der Waals surface area (Å²) < 4.78 is 5.21. The van der Waals surface area contributed by atoms with E-state index in [0.717, 1.165) is 19.3 Å². The molecular weight excluding hydrogens is 224 g/mol. The first-order chi connectivity index (χ1) is 8.83. The third-order valence-electron chi connectivity index (χ3n) is 2.98. The highest BCUT2D eigenvalue weighted by Crippen LogP contribution is 2.06. The number of carbonyl (C=O) groups excluding carboxylic acids is 1. The van der Waals surface area contributed by atoms with Gasteiger partial charge in [-0.2, -0.15) is 0 Å². The fourth-order valence-corrected chi connectivity index (χ4v) is 1.87. The molecule has 0 aliphatic heterocycles. The Bertz CT molecular complexity index is 319. The molecule has 0 saturated heterocycles. The molecule has 0 saturated carbocycles. The largest absolute Gasteiger partial charge is 0.465 e. The Hall–Kier alpha value is -1.31. The molecule has 0 aromatic heterocycles. The highest BCUT2D eigenvalue weighted by Gasteiger charge is 2.02. The first-order valence-electron chi connectivity index (χ1n) is 7.02. The number of ether oxygens (including phenoxy) is 1. The summed E-state index contributed by atoms with van der Waals surface area (Å²) in [6.45, 7) is 2.69. The molecule has 2 heteroatoms. The van der Waals surface area contributed by atoms with Crippen LogP contribution in [0.4, 0.5) is 0 Å². The van der Waals surface area contributed by atoms with E-state index in [0.29, 0.717) is 13.0 Å². The van der Waals surface area contributed by atoms with Crippen molar-refractivity contribution in [3.63, 3.8) is 0 Å². The Labute approximate surface area is 110 Å². The van der Waals surface area contributed by atoms with Gasteiger partial charge in [-0.25, -0.2) is 0 Å². The lowest BCUT2D eigenvalue weighted by molar-refractivity contribution is -0.143. The van der Waals surface area contributed by atoms with Crippen LogP contribution in [0.15, 0.2) is 30.3 Å². The summed E-state index contributed by atoms with van der Waals surface area (Å²) in [4.78, 5) is 11.4. The highest BCUT2D eigenvalue weighted by atomic mass is 16.5. The average molecular weight is 248 g/mol. The zero-order valence-electron chi connectivity index (χ0n) is 11.4. The number of rotatable bonds is 9. The van der Waals surface area contributed by atoms with Gasteiger partial charge < -0.3 is 4.74 Å². The van der Waals surface area contributed by atoms with Crippen molar-refractivity contribution >= 4 is 5.97 Å². The van der Waals surface area contributed by atoms with Crippen molar-refractivity contribution in [2.45, 2.75) is 51.9 Å². The number of benzene rings is 1. The van der Waals surface area contributed by atoms with Gasteiger partial charge in [0.25, 0.3) is 0 Å². The molecule has 1 aromatic carbocycles. The van der Waals surface area contributed by atoms with Crippen LogP contribution in [0.3, 0.4) is 0 Å². The second-order valence-corrected chi connectivity index (χ2v) is 4.62. The Balaban J connectivity index is 2.00. The van der Waals surface area contributed by atoms with Crippen LogP contribution in [0.2, 0.25) is 0 Å². The van der Waals surface area contributed by atoms with E-state index in [1.165, 1.54) is 24.8 Å². The lowest BCUT2D eigenvalue weighted by Gasteiger charge is -2.05. The second-order valence-electron chi connectivity index (χ2n) is 4.62. The summed E-state index contributed by atoms with van der Waals surface area (Å²) in [7, 11) is 0. The molecule has 2 nitrogen and oxygen atoms in total. The monoisotopic (exact) mass is 248 g/mol. The molecule has 0 heterocycles. The van der Waals surface area contributed by atoms with E-state index in [2.05, 4.69) is 19.1 Å². The van der Waals surface area contributed by atoms with Crippen molar-refractivity contribution in [3.8, 4) is 0 Å². The topological polar surface area (TPSA) is 26.3 Å². The van der Waals surface area contributed by atoms with E-state index in [1.54, 1.807) is 0 Å². The van der Waals surface area contributed by atoms with Gasteiger partial charge in [-0.15, -0.1) is 0 Å². The van der Waals surface area contributed by atoms with Crippen LogP contribution in [-0.2, 0) is 16.0 Å². The summed E-state index contributed by atoms with van der Waals surface area (Å²) in [5.41, 5.74) is 1.22. The minimum Gasteiger partial charge on any atom is -0.465 e. The van der Waals surface area contributed by atoms with Gasteiger partial charge >= 0.3 is 5.97 Å². The fourth-order valence-electron chi connectivity index (χ4n) is 1.87. The molecule has 0 fully saturated rings. The second kappa shape index (κ2) is 9.69. The van der Waals surface area contributed by atoms with Gasteiger partial charge in [0.2, 0.25) is 0 Å². The minimum atomic E-state index is -0.0533. The summed E-state index contributed by atoms with van der Waals surface area (Å²) >= 11 is 0. The molecule has 0 spiro atoms. The Morgan fingerprint density at radius 3 is 2.50 bits per heavy atom. The predicted octanol–water partition coefficient (Wildman–Crippen LogP) is 4.13. The van der Waals surface area contributed by atoms with Crippen LogP contribution in [0.25, 0.3) is 0 Å². The van der Waals surface area contributed by atoms with E-state index in [4.69, 9.17) is 4.74 Å². The number of hydrogen-bond acceptors (Lipinski definition) is 2. The molecule has 100 valence electrons. The van der Waals surface area contributed by atoms with Gasteiger partial charge in [0.05, 0.1) is 6.61 Å². The van der Waals surface area contributed by atoms with E-state index in [-0.39, 0.29) is 5.97 Å². The smallest absolute Gasteiger partial charge is 0.305 e. The van der Waals surface area contributed by atoms with Gasteiger partial charge in [-0.3, -0.25) is 4.79 Å². The molecule has 0 unspecified atom stereocenters. The van der Waals surface area contributed by atoms with Gasteiger partial charge in [0.15, 0.2) is 0 Å². The molecule has 0 aliphatic rings. The zero-order valence-corrected chi connectivity index (χ0v) is 11.4. The van der Waals surface area contributed by atoms with Crippen LogP contribution in [0, 0.1) is 0 Å². The molecule has 1 aromatic rings. The maximum Gasteiger partial charge on any atom is 0.305 e. The molecule has 0 bridgehead atoms. The third-order valence-corrected chi connectivity index (χ3v) is 2.98. The zero-order chi connectivity index (χ0) is 13.1. The number of esters is 1. The van der Waals surface area contributed by atoms with Crippen molar-refractivity contribution in [2.24, 2.45) is 0 Å². The molecule has 0 atom stereocenters. The molecule has 0 aliphatic carbocycles. The molecule has 1 rings (SSSR count). The van der Waals surface area contributed by atoms with E-state index < -0.39 is 0 Å². The van der Waals surface area contributed by atoms with Crippen LogP contribution < -0.4 is 0 Å². The van der Waals surface area contributed by atoms with E-state index in [9.17, 15) is 4.79 Å². The van der Waals surface area contributed by atoms with Crippen LogP contribution >= 0.6 is 0 Å². The third kappa shape index (κ3) is 7.10. The van der Waals surface area contributed by atoms with Crippen LogP contribution in [-0.4, -0.2) is 12.6 Å². The summed E-state index contributed by atoms with van der Waals surface area (Å²) in [5, 5.41) is 0. The van der Waals surface area contributed by atoms with Crippen molar-refractivity contribution in [1.82, 2.24) is 0 Å². The Kier molecular flexibility index (Phi) is 7.94. The van der Waals surface area contributed by atoms with Crippen molar-refractivity contribution in [2.75, 3.05) is 6.61 Å². The lowest BCUT2D eigenvalue weighted by Crippen LogP contribution is -2.07. The standard InChI is InChI=1S/C16H24O2/c1-2-3-4-5-9-12-16(17)18-14-13-15-10-7-6-8-11-15/h6-8,10-11H,2-5,9,12-14H2,1H3. The quantitative estimate of drug-likeness (QED) is 0.485. The van der Waals surface area contributed by atoms with Crippen LogP contribution in [0.5, 0.6) is 0 Å². The highest BCUT2D eigenvalue weighted by molar-refractivity contribution is 5.69. The van der Waals surface area contributed by atoms with Crippen molar-refractivity contribution in [1.29, 1.82) is 0 Å². The van der Waals surface area contributed by atoms with Crippen molar-refractivity contribution < 1.29 is 9.53 Å². The Morgan fingerprint density at radius 2 is 1.78 bits per heavy atom. The number of hydrogen-bond donors (Lipinski definition) is 0. The number of carbonyl (C=O) groups is 1. The van der Waals surface area contributed by atoms with Gasteiger partial charge in [-0.1, -0.05) is 62.9 Å².